The van der Waals surface area contributed by atoms with E-state index in [-0.39, 0.29) is 6.10 Å². The van der Waals surface area contributed by atoms with Crippen molar-refractivity contribution in [1.82, 2.24) is 0 Å². The highest BCUT2D eigenvalue weighted by atomic mass is 16.5. The highest BCUT2D eigenvalue weighted by molar-refractivity contribution is 5.63. The molecule has 1 aliphatic heterocycles. The summed E-state index contributed by atoms with van der Waals surface area (Å²) in [5.74, 6) is 1.00. The van der Waals surface area contributed by atoms with Crippen LogP contribution < -0.4 is 4.74 Å². The number of aryl methyl sites for hydroxylation is 1. The van der Waals surface area contributed by atoms with Crippen LogP contribution in [0.2, 0.25) is 0 Å². The summed E-state index contributed by atoms with van der Waals surface area (Å²) in [5, 5.41) is 0. The number of benzene rings is 1. The van der Waals surface area contributed by atoms with Gasteiger partial charge in [0.05, 0.1) is 0 Å². The average molecular weight is 160 g/mol. The van der Waals surface area contributed by atoms with Gasteiger partial charge in [-0.1, -0.05) is 18.2 Å². The van der Waals surface area contributed by atoms with Gasteiger partial charge in [-0.3, -0.25) is 0 Å². The normalized spacial score (nSPS) is 20.0. The van der Waals surface area contributed by atoms with E-state index in [1.165, 1.54) is 11.1 Å². The molecule has 0 aromatic heterocycles. The minimum atomic E-state index is 0.208. The molecule has 0 saturated carbocycles. The predicted molar refractivity (Wildman–Crippen MR) is 50.3 cm³/mol. The smallest absolute Gasteiger partial charge is 0.127 e. The summed E-state index contributed by atoms with van der Waals surface area (Å²) in [6, 6.07) is 6.14. The molecule has 62 valence electrons. The third kappa shape index (κ3) is 1.11. The van der Waals surface area contributed by atoms with Crippen LogP contribution in [0.3, 0.4) is 0 Å². The van der Waals surface area contributed by atoms with Gasteiger partial charge < -0.3 is 4.74 Å². The Hall–Kier alpha value is -1.24. The molecule has 0 saturated heterocycles. The number of ether oxygens (including phenoxy) is 1. The molecule has 0 bridgehead atoms. The van der Waals surface area contributed by atoms with E-state index >= 15 is 0 Å². The molecule has 1 heterocycles. The molecule has 2 rings (SSSR count). The van der Waals surface area contributed by atoms with Gasteiger partial charge in [0.1, 0.15) is 11.9 Å². The third-order valence-corrected chi connectivity index (χ3v) is 2.13. The largest absolute Gasteiger partial charge is 0.486 e. The lowest BCUT2D eigenvalue weighted by atomic mass is 10.0. The topological polar surface area (TPSA) is 9.23 Å². The molecule has 0 radical (unpaired) electrons. The van der Waals surface area contributed by atoms with Crippen molar-refractivity contribution < 1.29 is 4.74 Å². The molecular weight excluding hydrogens is 148 g/mol. The van der Waals surface area contributed by atoms with Crippen molar-refractivity contribution in [2.45, 2.75) is 20.0 Å². The Morgan fingerprint density at radius 1 is 1.33 bits per heavy atom. The van der Waals surface area contributed by atoms with E-state index in [2.05, 4.69) is 25.1 Å². The molecule has 0 aliphatic carbocycles. The van der Waals surface area contributed by atoms with Crippen molar-refractivity contribution in [2.75, 3.05) is 0 Å². The Labute approximate surface area is 72.7 Å². The highest BCUT2D eigenvalue weighted by Crippen LogP contribution is 2.28. The lowest BCUT2D eigenvalue weighted by molar-refractivity contribution is 0.266. The standard InChI is InChI=1S/C11H12O/c1-8-4-3-5-11-10(8)7-6-9(2)12-11/h3-7,9H,1-2H3. The van der Waals surface area contributed by atoms with Crippen LogP contribution in [0.1, 0.15) is 18.1 Å². The van der Waals surface area contributed by atoms with Crippen LogP contribution in [0.15, 0.2) is 24.3 Å². The first-order chi connectivity index (χ1) is 5.77. The van der Waals surface area contributed by atoms with Crippen molar-refractivity contribution in [1.29, 1.82) is 0 Å². The van der Waals surface area contributed by atoms with Crippen LogP contribution >= 0.6 is 0 Å². The molecule has 1 unspecified atom stereocenters. The molecule has 1 atom stereocenters. The van der Waals surface area contributed by atoms with Crippen molar-refractivity contribution in [3.63, 3.8) is 0 Å². The zero-order chi connectivity index (χ0) is 8.55. The Morgan fingerprint density at radius 2 is 2.17 bits per heavy atom. The second-order valence-corrected chi connectivity index (χ2v) is 3.17. The van der Waals surface area contributed by atoms with Crippen LogP contribution in [0.4, 0.5) is 0 Å². The van der Waals surface area contributed by atoms with Gasteiger partial charge in [0.15, 0.2) is 0 Å². The molecule has 1 aromatic carbocycles. The van der Waals surface area contributed by atoms with Crippen LogP contribution in [0.5, 0.6) is 5.75 Å². The summed E-state index contributed by atoms with van der Waals surface area (Å²) in [6.45, 7) is 4.14. The summed E-state index contributed by atoms with van der Waals surface area (Å²) in [7, 11) is 0. The predicted octanol–water partition coefficient (Wildman–Crippen LogP) is 2.79. The number of hydrogen-bond acceptors (Lipinski definition) is 1. The van der Waals surface area contributed by atoms with Crippen molar-refractivity contribution in [3.8, 4) is 5.75 Å². The quantitative estimate of drug-likeness (QED) is 0.567. The Balaban J connectivity index is 2.53. The van der Waals surface area contributed by atoms with Crippen LogP contribution in [0, 0.1) is 6.92 Å². The first-order valence-corrected chi connectivity index (χ1v) is 4.22. The summed E-state index contributed by atoms with van der Waals surface area (Å²) < 4.78 is 5.63. The maximum Gasteiger partial charge on any atom is 0.127 e. The molecule has 0 N–H and O–H groups in total. The molecule has 1 heteroatoms. The van der Waals surface area contributed by atoms with Crippen molar-refractivity contribution in [3.05, 3.63) is 35.4 Å². The number of fused-ring (bicyclic) bond motifs is 1. The summed E-state index contributed by atoms with van der Waals surface area (Å²) in [5.41, 5.74) is 2.49. The molecule has 0 spiro atoms. The first kappa shape index (κ1) is 7.41. The van der Waals surface area contributed by atoms with E-state index in [0.717, 1.165) is 5.75 Å². The van der Waals surface area contributed by atoms with Gasteiger partial charge in [0.25, 0.3) is 0 Å². The van der Waals surface area contributed by atoms with Gasteiger partial charge in [0.2, 0.25) is 0 Å². The zero-order valence-electron chi connectivity index (χ0n) is 7.37. The summed E-state index contributed by atoms with van der Waals surface area (Å²) in [6.07, 6.45) is 4.42. The van der Waals surface area contributed by atoms with E-state index in [4.69, 9.17) is 4.74 Å². The van der Waals surface area contributed by atoms with Crippen LogP contribution in [0.25, 0.3) is 6.08 Å². The molecule has 0 amide bonds. The molecule has 0 fully saturated rings. The van der Waals surface area contributed by atoms with Gasteiger partial charge in [-0.15, -0.1) is 0 Å². The Bertz CT molecular complexity index is 326. The summed E-state index contributed by atoms with van der Waals surface area (Å²) in [4.78, 5) is 0. The fourth-order valence-electron chi connectivity index (χ4n) is 1.44. The second-order valence-electron chi connectivity index (χ2n) is 3.17. The van der Waals surface area contributed by atoms with Crippen molar-refractivity contribution in [2.24, 2.45) is 0 Å². The van der Waals surface area contributed by atoms with Crippen LogP contribution in [-0.2, 0) is 0 Å². The van der Waals surface area contributed by atoms with Crippen LogP contribution in [-0.4, -0.2) is 6.10 Å². The fraction of sp³-hybridized carbons (Fsp3) is 0.273. The maximum atomic E-state index is 5.63. The maximum absolute atomic E-state index is 5.63. The second kappa shape index (κ2) is 2.67. The van der Waals surface area contributed by atoms with Gasteiger partial charge in [-0.25, -0.2) is 0 Å². The number of rotatable bonds is 0. The van der Waals surface area contributed by atoms with E-state index in [1.54, 1.807) is 0 Å². The highest BCUT2D eigenvalue weighted by Gasteiger charge is 2.10. The van der Waals surface area contributed by atoms with Crippen molar-refractivity contribution >= 4 is 6.08 Å². The van der Waals surface area contributed by atoms with E-state index in [9.17, 15) is 0 Å². The minimum absolute atomic E-state index is 0.208. The molecule has 1 aromatic rings. The van der Waals surface area contributed by atoms with Gasteiger partial charge in [0, 0.05) is 5.56 Å². The SMILES string of the molecule is Cc1cccc2c1C=CC(C)O2. The van der Waals surface area contributed by atoms with Gasteiger partial charge in [-0.05, 0) is 31.6 Å². The monoisotopic (exact) mass is 160 g/mol. The third-order valence-electron chi connectivity index (χ3n) is 2.13. The van der Waals surface area contributed by atoms with E-state index in [1.807, 2.05) is 19.1 Å². The molecule has 12 heavy (non-hydrogen) atoms. The molecule has 1 nitrogen and oxygen atoms in total. The Kier molecular flexibility index (Phi) is 1.65. The summed E-state index contributed by atoms with van der Waals surface area (Å²) >= 11 is 0. The molecular formula is C11H12O. The zero-order valence-corrected chi connectivity index (χ0v) is 7.37. The first-order valence-electron chi connectivity index (χ1n) is 4.22. The lowest BCUT2D eigenvalue weighted by Gasteiger charge is -2.19. The van der Waals surface area contributed by atoms with E-state index < -0.39 is 0 Å². The average Bonchev–Trinajstić information content (AvgIpc) is 2.04. The fourth-order valence-corrected chi connectivity index (χ4v) is 1.44. The minimum Gasteiger partial charge on any atom is -0.486 e. The Morgan fingerprint density at radius 3 is 3.00 bits per heavy atom. The number of hydrogen-bond donors (Lipinski definition) is 0. The lowest BCUT2D eigenvalue weighted by Crippen LogP contribution is -2.12. The van der Waals surface area contributed by atoms with E-state index in [0.29, 0.717) is 0 Å². The van der Waals surface area contributed by atoms with Gasteiger partial charge in [-0.2, -0.15) is 0 Å². The molecule has 1 aliphatic rings. The van der Waals surface area contributed by atoms with Gasteiger partial charge >= 0.3 is 0 Å².